The Morgan fingerprint density at radius 1 is 1.02 bits per heavy atom. The van der Waals surface area contributed by atoms with Crippen molar-refractivity contribution in [3.8, 4) is 5.75 Å². The molecule has 0 atom stereocenters. The molecular formula is C28H25N5O7. The zero-order chi connectivity index (χ0) is 28.8. The van der Waals surface area contributed by atoms with Crippen molar-refractivity contribution in [3.63, 3.8) is 0 Å². The van der Waals surface area contributed by atoms with Gasteiger partial charge in [-0.3, -0.25) is 19.7 Å². The molecule has 12 nitrogen and oxygen atoms in total. The summed E-state index contributed by atoms with van der Waals surface area (Å²) in [5.74, 6) is -1.59. The second-order valence-electron chi connectivity index (χ2n) is 8.65. The van der Waals surface area contributed by atoms with Crippen molar-refractivity contribution in [2.45, 2.75) is 20.4 Å². The van der Waals surface area contributed by atoms with Crippen LogP contribution in [0.3, 0.4) is 0 Å². The number of esters is 1. The highest BCUT2D eigenvalue weighted by Gasteiger charge is 2.31. The number of anilines is 1. The summed E-state index contributed by atoms with van der Waals surface area (Å²) in [6.07, 6.45) is 0. The zero-order valence-corrected chi connectivity index (χ0v) is 21.9. The molecule has 0 spiro atoms. The lowest BCUT2D eigenvalue weighted by atomic mass is 10.0. The Balaban J connectivity index is 1.67. The van der Waals surface area contributed by atoms with Crippen LogP contribution in [0.2, 0.25) is 0 Å². The number of nitrogens with zero attached hydrogens (tertiary/aromatic N) is 4. The van der Waals surface area contributed by atoms with E-state index in [0.29, 0.717) is 11.3 Å². The van der Waals surface area contributed by atoms with Crippen molar-refractivity contribution in [3.05, 3.63) is 110 Å². The van der Waals surface area contributed by atoms with E-state index >= 15 is 0 Å². The number of rotatable bonds is 10. The molecule has 4 rings (SSSR count). The molecule has 4 aromatic rings. The number of carbonyl (C=O) groups is 3. The van der Waals surface area contributed by atoms with Gasteiger partial charge >= 0.3 is 5.97 Å². The predicted molar refractivity (Wildman–Crippen MR) is 144 cm³/mol. The number of carbonyl (C=O) groups excluding carboxylic acids is 3. The Kier molecular flexibility index (Phi) is 8.28. The van der Waals surface area contributed by atoms with E-state index in [-0.39, 0.29) is 30.1 Å². The number of methoxy groups -OCH3 is 1. The lowest BCUT2D eigenvalue weighted by molar-refractivity contribution is -0.385. The number of benzene rings is 3. The van der Waals surface area contributed by atoms with Crippen LogP contribution in [0.1, 0.15) is 54.9 Å². The first kappa shape index (κ1) is 27.6. The molecule has 0 radical (unpaired) electrons. The Morgan fingerprint density at radius 2 is 1.73 bits per heavy atom. The largest absolute Gasteiger partial charge is 0.497 e. The third kappa shape index (κ3) is 6.01. The van der Waals surface area contributed by atoms with Crippen LogP contribution in [-0.4, -0.2) is 51.3 Å². The van der Waals surface area contributed by atoms with E-state index in [1.165, 1.54) is 23.9 Å². The van der Waals surface area contributed by atoms with Crippen LogP contribution in [0.15, 0.2) is 66.7 Å². The molecule has 1 heterocycles. The smallest absolute Gasteiger partial charge is 0.359 e. The van der Waals surface area contributed by atoms with E-state index in [4.69, 9.17) is 9.47 Å². The summed E-state index contributed by atoms with van der Waals surface area (Å²) in [6, 6.07) is 17.4. The van der Waals surface area contributed by atoms with Crippen LogP contribution in [0.4, 0.5) is 11.4 Å². The van der Waals surface area contributed by atoms with Crippen LogP contribution >= 0.6 is 0 Å². The van der Waals surface area contributed by atoms with E-state index in [9.17, 15) is 24.5 Å². The van der Waals surface area contributed by atoms with Gasteiger partial charge in [-0.2, -0.15) is 0 Å². The van der Waals surface area contributed by atoms with E-state index in [0.717, 1.165) is 17.2 Å². The minimum atomic E-state index is -0.896. The van der Waals surface area contributed by atoms with E-state index in [1.807, 2.05) is 6.92 Å². The van der Waals surface area contributed by atoms with Gasteiger partial charge in [0.15, 0.2) is 11.4 Å². The summed E-state index contributed by atoms with van der Waals surface area (Å²) in [5, 5.41) is 22.4. The molecule has 204 valence electrons. The number of nitro benzene ring substituents is 1. The fourth-order valence-corrected chi connectivity index (χ4v) is 3.87. The third-order valence-electron chi connectivity index (χ3n) is 5.92. The van der Waals surface area contributed by atoms with Gasteiger partial charge in [0.2, 0.25) is 5.78 Å². The molecule has 0 fully saturated rings. The Morgan fingerprint density at radius 3 is 2.35 bits per heavy atom. The highest BCUT2D eigenvalue weighted by molar-refractivity contribution is 6.15. The quantitative estimate of drug-likeness (QED) is 0.134. The molecule has 0 saturated carbocycles. The van der Waals surface area contributed by atoms with Crippen molar-refractivity contribution in [1.29, 1.82) is 0 Å². The molecule has 3 aromatic carbocycles. The second kappa shape index (κ2) is 12.0. The molecule has 12 heteroatoms. The van der Waals surface area contributed by atoms with E-state index in [2.05, 4.69) is 15.6 Å². The highest BCUT2D eigenvalue weighted by Crippen LogP contribution is 2.27. The number of nitro groups is 1. The number of nitrogens with one attached hydrogen (secondary N) is 1. The van der Waals surface area contributed by atoms with E-state index < -0.39 is 34.0 Å². The van der Waals surface area contributed by atoms with Gasteiger partial charge in [0, 0.05) is 17.3 Å². The van der Waals surface area contributed by atoms with Gasteiger partial charge in [-0.1, -0.05) is 35.0 Å². The number of amides is 1. The van der Waals surface area contributed by atoms with E-state index in [1.54, 1.807) is 55.5 Å². The summed E-state index contributed by atoms with van der Waals surface area (Å²) >= 11 is 0. The number of ether oxygens (including phenoxy) is 2. The number of hydrogen-bond donors (Lipinski definition) is 1. The monoisotopic (exact) mass is 543 g/mol. The fraction of sp³-hybridized carbons (Fsp3) is 0.179. The summed E-state index contributed by atoms with van der Waals surface area (Å²) in [7, 11) is 1.53. The lowest BCUT2D eigenvalue weighted by Gasteiger charge is -2.09. The van der Waals surface area contributed by atoms with Crippen molar-refractivity contribution in [2.24, 2.45) is 0 Å². The molecule has 0 aliphatic heterocycles. The van der Waals surface area contributed by atoms with Gasteiger partial charge in [-0.25, -0.2) is 9.48 Å². The fourth-order valence-electron chi connectivity index (χ4n) is 3.87. The maximum atomic E-state index is 13.5. The Bertz CT molecular complexity index is 1580. The van der Waals surface area contributed by atoms with Crippen molar-refractivity contribution < 1.29 is 28.8 Å². The topological polar surface area (TPSA) is 156 Å². The van der Waals surface area contributed by atoms with Gasteiger partial charge < -0.3 is 14.8 Å². The van der Waals surface area contributed by atoms with Crippen LogP contribution < -0.4 is 10.1 Å². The molecule has 0 saturated heterocycles. The average Bonchev–Trinajstić information content (AvgIpc) is 3.37. The first-order valence-electron chi connectivity index (χ1n) is 12.2. The number of aromatic nitrogens is 3. The van der Waals surface area contributed by atoms with Gasteiger partial charge in [-0.15, -0.1) is 5.10 Å². The molecule has 0 aliphatic carbocycles. The van der Waals surface area contributed by atoms with Gasteiger partial charge in [-0.05, 0) is 55.8 Å². The molecule has 0 unspecified atom stereocenters. The van der Waals surface area contributed by atoms with Gasteiger partial charge in [0.05, 0.1) is 25.2 Å². The first-order chi connectivity index (χ1) is 19.2. The van der Waals surface area contributed by atoms with Crippen LogP contribution in [0.25, 0.3) is 0 Å². The number of ketones is 1. The summed E-state index contributed by atoms with van der Waals surface area (Å²) in [5.41, 5.74) is 0.628. The van der Waals surface area contributed by atoms with Crippen molar-refractivity contribution in [2.75, 3.05) is 19.0 Å². The molecule has 0 aliphatic rings. The SMILES string of the molecule is CCOC(=O)c1c(C(=O)c2ccc(NC(=O)c3ccc(C)cc3)cc2[N+](=O)[O-])nnn1Cc1ccc(OC)cc1. The summed E-state index contributed by atoms with van der Waals surface area (Å²) in [6.45, 7) is 3.58. The minimum Gasteiger partial charge on any atom is -0.497 e. The second-order valence-corrected chi connectivity index (χ2v) is 8.65. The van der Waals surface area contributed by atoms with Gasteiger partial charge in [0.1, 0.15) is 11.3 Å². The first-order valence-corrected chi connectivity index (χ1v) is 12.2. The van der Waals surface area contributed by atoms with Crippen LogP contribution in [0, 0.1) is 17.0 Å². The summed E-state index contributed by atoms with van der Waals surface area (Å²) < 4.78 is 11.5. The Hall–Kier alpha value is -5.39. The minimum absolute atomic E-state index is 0.0235. The molecule has 1 aromatic heterocycles. The predicted octanol–water partition coefficient (Wildman–Crippen LogP) is 4.21. The normalized spacial score (nSPS) is 10.6. The van der Waals surface area contributed by atoms with Crippen molar-refractivity contribution >= 4 is 29.0 Å². The van der Waals surface area contributed by atoms with Crippen LogP contribution in [0.5, 0.6) is 5.75 Å². The standard InChI is InChI=1S/C28H25N5O7/c1-4-40-28(36)25-24(30-31-32(25)16-18-7-12-21(39-3)13-8-18)26(34)22-14-11-20(15-23(22)33(37)38)29-27(35)19-9-5-17(2)6-10-19/h5-15H,4,16H2,1-3H3,(H,29,35). The highest BCUT2D eigenvalue weighted by atomic mass is 16.6. The average molecular weight is 544 g/mol. The van der Waals surface area contributed by atoms with Crippen LogP contribution in [-0.2, 0) is 11.3 Å². The maximum absolute atomic E-state index is 13.5. The summed E-state index contributed by atoms with van der Waals surface area (Å²) in [4.78, 5) is 50.1. The molecule has 1 N–H and O–H groups in total. The third-order valence-corrected chi connectivity index (χ3v) is 5.92. The zero-order valence-electron chi connectivity index (χ0n) is 21.9. The van der Waals surface area contributed by atoms with Crippen molar-refractivity contribution in [1.82, 2.24) is 15.0 Å². The lowest BCUT2D eigenvalue weighted by Crippen LogP contribution is -2.18. The maximum Gasteiger partial charge on any atom is 0.359 e. The Labute approximate surface area is 228 Å². The number of hydrogen-bond acceptors (Lipinski definition) is 9. The molecule has 40 heavy (non-hydrogen) atoms. The number of aryl methyl sites for hydroxylation is 1. The molecule has 0 bridgehead atoms. The molecule has 1 amide bonds. The molecular weight excluding hydrogens is 518 g/mol. The van der Waals surface area contributed by atoms with Gasteiger partial charge in [0.25, 0.3) is 11.6 Å².